The molecular weight excluding hydrogens is 364 g/mol. The minimum atomic E-state index is -0.638. The van der Waals surface area contributed by atoms with E-state index in [1.165, 1.54) is 0 Å². The zero-order chi connectivity index (χ0) is 21.2. The van der Waals surface area contributed by atoms with Crippen molar-refractivity contribution in [2.24, 2.45) is 23.2 Å². The highest BCUT2D eigenvalue weighted by atomic mass is 16.6. The lowest BCUT2D eigenvalue weighted by atomic mass is 9.73. The predicted octanol–water partition coefficient (Wildman–Crippen LogP) is 4.92. The van der Waals surface area contributed by atoms with Gasteiger partial charge in [0, 0.05) is 0 Å². The van der Waals surface area contributed by atoms with Crippen molar-refractivity contribution in [3.8, 4) is 0 Å². The summed E-state index contributed by atoms with van der Waals surface area (Å²) in [6.07, 6.45) is 1.84. The van der Waals surface area contributed by atoms with Crippen LogP contribution in [0.2, 0.25) is 0 Å². The fourth-order valence-corrected chi connectivity index (χ4v) is 5.54. The van der Waals surface area contributed by atoms with Crippen molar-refractivity contribution in [1.82, 2.24) is 0 Å². The van der Waals surface area contributed by atoms with Gasteiger partial charge in [0.1, 0.15) is 5.76 Å². The van der Waals surface area contributed by atoms with Crippen LogP contribution in [0.5, 0.6) is 0 Å². The van der Waals surface area contributed by atoms with Crippen molar-refractivity contribution in [3.05, 3.63) is 40.1 Å². The molecule has 156 valence electrons. The van der Waals surface area contributed by atoms with Gasteiger partial charge in [0.15, 0.2) is 5.78 Å². The van der Waals surface area contributed by atoms with Gasteiger partial charge >= 0.3 is 5.97 Å². The maximum Gasteiger partial charge on any atom is 0.316 e. The third-order valence-corrected chi connectivity index (χ3v) is 6.84. The number of esters is 1. The van der Waals surface area contributed by atoms with Crippen molar-refractivity contribution in [1.29, 1.82) is 0 Å². The first-order chi connectivity index (χ1) is 13.5. The molecule has 2 heterocycles. The topological polar surface area (TPSA) is 52.6 Å². The summed E-state index contributed by atoms with van der Waals surface area (Å²) in [5.74, 6) is 0.387. The first kappa shape index (κ1) is 20.3. The summed E-state index contributed by atoms with van der Waals surface area (Å²) in [6, 6.07) is 4.19. The number of carbonyl (C=O) groups excluding carboxylic acids is 2. The van der Waals surface area contributed by atoms with E-state index in [0.717, 1.165) is 35.1 Å². The van der Waals surface area contributed by atoms with E-state index in [1.54, 1.807) is 0 Å². The lowest BCUT2D eigenvalue weighted by molar-refractivity contribution is -0.149. The molecule has 4 heteroatoms. The lowest BCUT2D eigenvalue weighted by Crippen LogP contribution is -2.35. The Kier molecular flexibility index (Phi) is 4.77. The fourth-order valence-electron chi connectivity index (χ4n) is 5.54. The van der Waals surface area contributed by atoms with Crippen LogP contribution in [0.1, 0.15) is 62.8 Å². The summed E-state index contributed by atoms with van der Waals surface area (Å²) in [5, 5.41) is 0. The van der Waals surface area contributed by atoms with Gasteiger partial charge in [-0.2, -0.15) is 0 Å². The van der Waals surface area contributed by atoms with Crippen molar-refractivity contribution in [2.45, 2.75) is 73.5 Å². The highest BCUT2D eigenvalue weighted by Gasteiger charge is 2.63. The summed E-state index contributed by atoms with van der Waals surface area (Å²) < 4.78 is 12.3. The largest absolute Gasteiger partial charge is 0.429 e. The normalized spacial score (nSPS) is 30.9. The first-order valence-corrected chi connectivity index (χ1v) is 10.8. The van der Waals surface area contributed by atoms with Crippen LogP contribution in [0.25, 0.3) is 5.57 Å². The number of hydrogen-bond acceptors (Lipinski definition) is 4. The quantitative estimate of drug-likeness (QED) is 0.680. The molecule has 2 bridgehead atoms. The molecule has 0 aromatic heterocycles. The second kappa shape index (κ2) is 6.80. The van der Waals surface area contributed by atoms with Crippen LogP contribution in [0, 0.1) is 43.9 Å². The number of rotatable bonds is 3. The van der Waals surface area contributed by atoms with E-state index in [9.17, 15) is 9.59 Å². The molecule has 2 fully saturated rings. The maximum absolute atomic E-state index is 13.7. The summed E-state index contributed by atoms with van der Waals surface area (Å²) in [4.78, 5) is 26.6. The average Bonchev–Trinajstić information content (AvgIpc) is 3.26. The lowest BCUT2D eigenvalue weighted by Gasteiger charge is -2.28. The summed E-state index contributed by atoms with van der Waals surface area (Å²) in [6.45, 7) is 13.8. The Balaban J connectivity index is 1.87. The van der Waals surface area contributed by atoms with E-state index >= 15 is 0 Å². The molecule has 2 saturated heterocycles. The Bertz CT molecular complexity index is 894. The Labute approximate surface area is 173 Å². The standard InChI is InChI=1S/C25H32O4/c1-8-15-11-16-18-20(22(15)28-16)21(26)19(23(18)29-24(27)25(5,6)7)17-13(3)9-12(2)10-14(17)4/h9-10,15-16,18,20,22H,8,11H2,1-7H3/t15-,16+,18+,20-,22-/m1/s1. The number of carbonyl (C=O) groups is 2. The number of ketones is 1. The van der Waals surface area contributed by atoms with E-state index in [0.29, 0.717) is 17.3 Å². The van der Waals surface area contributed by atoms with Gasteiger partial charge in [-0.05, 0) is 70.6 Å². The summed E-state index contributed by atoms with van der Waals surface area (Å²) >= 11 is 0. The number of Topliss-reactive ketones (excluding diaryl/α,β-unsaturated/α-hetero) is 1. The Morgan fingerprint density at radius 2 is 1.76 bits per heavy atom. The molecule has 0 amide bonds. The minimum absolute atomic E-state index is 0.0368. The number of fused-ring (bicyclic) bond motifs is 5. The Hall–Kier alpha value is -1.94. The van der Waals surface area contributed by atoms with Crippen molar-refractivity contribution in [3.63, 3.8) is 0 Å². The predicted molar refractivity (Wildman–Crippen MR) is 112 cm³/mol. The highest BCUT2D eigenvalue weighted by molar-refractivity contribution is 6.26. The molecule has 29 heavy (non-hydrogen) atoms. The molecule has 0 unspecified atom stereocenters. The van der Waals surface area contributed by atoms with Crippen LogP contribution in [0.3, 0.4) is 0 Å². The number of hydrogen-bond donors (Lipinski definition) is 0. The van der Waals surface area contributed by atoms with Gasteiger partial charge < -0.3 is 9.47 Å². The van der Waals surface area contributed by atoms with Crippen molar-refractivity contribution < 1.29 is 19.1 Å². The minimum Gasteiger partial charge on any atom is -0.429 e. The number of allylic oxidation sites excluding steroid dienone is 1. The van der Waals surface area contributed by atoms with Gasteiger partial charge in [0.2, 0.25) is 0 Å². The van der Waals surface area contributed by atoms with E-state index in [1.807, 2.05) is 34.6 Å². The van der Waals surface area contributed by atoms with Crippen LogP contribution in [-0.2, 0) is 19.1 Å². The number of aryl methyl sites for hydroxylation is 3. The molecule has 1 aliphatic carbocycles. The average molecular weight is 397 g/mol. The summed E-state index contributed by atoms with van der Waals surface area (Å²) in [5.41, 5.74) is 4.17. The molecule has 2 aliphatic heterocycles. The van der Waals surface area contributed by atoms with E-state index in [-0.39, 0.29) is 35.8 Å². The van der Waals surface area contributed by atoms with Gasteiger partial charge in [0.05, 0.1) is 35.0 Å². The van der Waals surface area contributed by atoms with Crippen LogP contribution in [-0.4, -0.2) is 24.0 Å². The van der Waals surface area contributed by atoms with Crippen LogP contribution < -0.4 is 0 Å². The van der Waals surface area contributed by atoms with Gasteiger partial charge in [-0.15, -0.1) is 0 Å². The first-order valence-electron chi connectivity index (χ1n) is 10.8. The Morgan fingerprint density at radius 1 is 1.14 bits per heavy atom. The van der Waals surface area contributed by atoms with Crippen LogP contribution in [0.15, 0.2) is 17.9 Å². The molecule has 3 aliphatic rings. The van der Waals surface area contributed by atoms with Crippen LogP contribution in [0.4, 0.5) is 0 Å². The van der Waals surface area contributed by atoms with E-state index in [2.05, 4.69) is 26.0 Å². The second-order valence-corrected chi connectivity index (χ2v) is 10.1. The van der Waals surface area contributed by atoms with Gasteiger partial charge in [-0.1, -0.05) is 31.0 Å². The Morgan fingerprint density at radius 3 is 2.31 bits per heavy atom. The van der Waals surface area contributed by atoms with Gasteiger partial charge in [0.25, 0.3) is 0 Å². The molecule has 0 N–H and O–H groups in total. The van der Waals surface area contributed by atoms with Crippen molar-refractivity contribution in [2.75, 3.05) is 0 Å². The zero-order valence-corrected chi connectivity index (χ0v) is 18.6. The van der Waals surface area contributed by atoms with Gasteiger partial charge in [-0.3, -0.25) is 9.59 Å². The maximum atomic E-state index is 13.7. The number of benzene rings is 1. The molecule has 1 aromatic carbocycles. The molecule has 0 radical (unpaired) electrons. The number of ether oxygens (including phenoxy) is 2. The second-order valence-electron chi connectivity index (χ2n) is 10.1. The molecule has 4 nitrogen and oxygen atoms in total. The molecule has 0 saturated carbocycles. The molecular formula is C25H32O4. The molecule has 4 rings (SSSR count). The van der Waals surface area contributed by atoms with Gasteiger partial charge in [-0.25, -0.2) is 0 Å². The smallest absolute Gasteiger partial charge is 0.316 e. The van der Waals surface area contributed by atoms with E-state index in [4.69, 9.17) is 9.47 Å². The van der Waals surface area contributed by atoms with Crippen molar-refractivity contribution >= 4 is 17.3 Å². The SMILES string of the molecule is CC[C@@H]1C[C@@H]2O[C@H]1[C@H]1C(=O)C(c3c(C)cc(C)cc3C)=C(OC(=O)C(C)(C)C)[C@H]12. The summed E-state index contributed by atoms with van der Waals surface area (Å²) in [7, 11) is 0. The van der Waals surface area contributed by atoms with Crippen LogP contribution >= 0.6 is 0 Å². The third-order valence-electron chi connectivity index (χ3n) is 6.84. The molecule has 1 aromatic rings. The zero-order valence-electron chi connectivity index (χ0n) is 18.6. The fraction of sp³-hybridized carbons (Fsp3) is 0.600. The molecule has 5 atom stereocenters. The molecule has 0 spiro atoms. The third kappa shape index (κ3) is 3.07. The highest BCUT2D eigenvalue weighted by Crippen LogP contribution is 2.57. The monoisotopic (exact) mass is 396 g/mol. The van der Waals surface area contributed by atoms with E-state index < -0.39 is 5.41 Å².